The number of benzene rings is 2. The number of halogens is 1. The van der Waals surface area contributed by atoms with E-state index < -0.39 is 0 Å². The van der Waals surface area contributed by atoms with Crippen molar-refractivity contribution >= 4 is 17.5 Å². The van der Waals surface area contributed by atoms with Crippen molar-refractivity contribution in [1.29, 1.82) is 0 Å². The van der Waals surface area contributed by atoms with Crippen LogP contribution in [-0.4, -0.2) is 25.5 Å². The van der Waals surface area contributed by atoms with Crippen molar-refractivity contribution in [3.63, 3.8) is 0 Å². The Kier molecular flexibility index (Phi) is 4.97. The third kappa shape index (κ3) is 4.15. The molecule has 0 unspecified atom stereocenters. The van der Waals surface area contributed by atoms with Crippen LogP contribution >= 0.6 is 0 Å². The van der Waals surface area contributed by atoms with Gasteiger partial charge in [-0.2, -0.15) is 0 Å². The first-order chi connectivity index (χ1) is 12.0. The molecule has 0 saturated heterocycles. The highest BCUT2D eigenvalue weighted by Crippen LogP contribution is 2.27. The second kappa shape index (κ2) is 7.34. The van der Waals surface area contributed by atoms with Gasteiger partial charge >= 0.3 is 0 Å². The predicted molar refractivity (Wildman–Crippen MR) is 91.9 cm³/mol. The fraction of sp³-hybridized carbons (Fsp3) is 0.263. The molecule has 5 nitrogen and oxygen atoms in total. The molecule has 25 heavy (non-hydrogen) atoms. The van der Waals surface area contributed by atoms with Crippen molar-refractivity contribution < 1.29 is 18.7 Å². The van der Waals surface area contributed by atoms with Gasteiger partial charge in [-0.15, -0.1) is 0 Å². The maximum Gasteiger partial charge on any atom is 0.258 e. The standard InChI is InChI=1S/C19H19FN2O3/c1-22-17-8-2-13(10-14(17)3-9-19(22)24)11-21-18(23)12-25-16-6-4-15(20)5-7-16/h2,4-8,10H,3,9,11-12H2,1H3,(H,21,23). The third-order valence-electron chi connectivity index (χ3n) is 4.16. The van der Waals surface area contributed by atoms with Gasteiger partial charge in [-0.1, -0.05) is 12.1 Å². The summed E-state index contributed by atoms with van der Waals surface area (Å²) in [6.07, 6.45) is 1.22. The second-order valence-electron chi connectivity index (χ2n) is 5.94. The van der Waals surface area contributed by atoms with Gasteiger partial charge in [0.05, 0.1) is 0 Å². The van der Waals surface area contributed by atoms with Gasteiger partial charge in [-0.25, -0.2) is 4.39 Å². The van der Waals surface area contributed by atoms with Gasteiger partial charge in [0, 0.05) is 25.7 Å². The van der Waals surface area contributed by atoms with E-state index in [-0.39, 0.29) is 24.2 Å². The zero-order valence-electron chi connectivity index (χ0n) is 13.9. The topological polar surface area (TPSA) is 58.6 Å². The first-order valence-electron chi connectivity index (χ1n) is 8.06. The van der Waals surface area contributed by atoms with Crippen LogP contribution < -0.4 is 15.0 Å². The fourth-order valence-electron chi connectivity index (χ4n) is 2.75. The summed E-state index contributed by atoms with van der Waals surface area (Å²) in [6.45, 7) is 0.254. The van der Waals surface area contributed by atoms with Crippen LogP contribution in [0.3, 0.4) is 0 Å². The number of nitrogens with one attached hydrogen (secondary N) is 1. The summed E-state index contributed by atoms with van der Waals surface area (Å²) < 4.78 is 18.1. The lowest BCUT2D eigenvalue weighted by Crippen LogP contribution is -2.31. The Morgan fingerprint density at radius 2 is 1.96 bits per heavy atom. The smallest absolute Gasteiger partial charge is 0.258 e. The van der Waals surface area contributed by atoms with Gasteiger partial charge < -0.3 is 15.0 Å². The van der Waals surface area contributed by atoms with E-state index in [1.165, 1.54) is 24.3 Å². The molecule has 0 aliphatic carbocycles. The summed E-state index contributed by atoms with van der Waals surface area (Å²) in [4.78, 5) is 25.2. The molecule has 3 rings (SSSR count). The average molecular weight is 342 g/mol. The number of anilines is 1. The molecule has 6 heteroatoms. The van der Waals surface area contributed by atoms with Crippen LogP contribution in [0.25, 0.3) is 0 Å². The van der Waals surface area contributed by atoms with Crippen LogP contribution in [0.15, 0.2) is 42.5 Å². The lowest BCUT2D eigenvalue weighted by atomic mass is 9.99. The number of fused-ring (bicyclic) bond motifs is 1. The Morgan fingerprint density at radius 3 is 2.72 bits per heavy atom. The van der Waals surface area contributed by atoms with E-state index in [9.17, 15) is 14.0 Å². The highest BCUT2D eigenvalue weighted by atomic mass is 19.1. The molecule has 0 fully saturated rings. The Hall–Kier alpha value is -2.89. The SMILES string of the molecule is CN1C(=O)CCc2cc(CNC(=O)COc3ccc(F)cc3)ccc21. The van der Waals surface area contributed by atoms with Crippen molar-refractivity contribution in [2.75, 3.05) is 18.6 Å². The lowest BCUT2D eigenvalue weighted by molar-refractivity contribution is -0.123. The molecule has 0 bridgehead atoms. The summed E-state index contributed by atoms with van der Waals surface area (Å²) in [7, 11) is 1.77. The molecule has 0 radical (unpaired) electrons. The summed E-state index contributed by atoms with van der Waals surface area (Å²) in [6, 6.07) is 11.3. The van der Waals surface area contributed by atoms with Crippen LogP contribution in [0.5, 0.6) is 5.75 Å². The van der Waals surface area contributed by atoms with E-state index in [1.807, 2.05) is 18.2 Å². The van der Waals surface area contributed by atoms with Crippen molar-refractivity contribution in [3.05, 3.63) is 59.4 Å². The molecule has 2 aromatic carbocycles. The van der Waals surface area contributed by atoms with Gasteiger partial charge in [0.2, 0.25) is 5.91 Å². The van der Waals surface area contributed by atoms with E-state index in [0.29, 0.717) is 25.1 Å². The lowest BCUT2D eigenvalue weighted by Gasteiger charge is -2.26. The molecule has 130 valence electrons. The number of rotatable bonds is 5. The van der Waals surface area contributed by atoms with E-state index in [1.54, 1.807) is 11.9 Å². The molecule has 0 atom stereocenters. The summed E-state index contributed by atoms with van der Waals surface area (Å²) >= 11 is 0. The zero-order chi connectivity index (χ0) is 17.8. The molecule has 1 heterocycles. The average Bonchev–Trinajstić information content (AvgIpc) is 2.62. The minimum atomic E-state index is -0.350. The number of carbonyl (C=O) groups is 2. The number of hydrogen-bond acceptors (Lipinski definition) is 3. The van der Waals surface area contributed by atoms with E-state index in [0.717, 1.165) is 16.8 Å². The monoisotopic (exact) mass is 342 g/mol. The normalized spacial score (nSPS) is 13.4. The molecule has 0 aromatic heterocycles. The maximum absolute atomic E-state index is 12.8. The number of carbonyl (C=O) groups excluding carboxylic acids is 2. The zero-order valence-corrected chi connectivity index (χ0v) is 13.9. The molecular weight excluding hydrogens is 323 g/mol. The Balaban J connectivity index is 1.52. The van der Waals surface area contributed by atoms with Gasteiger partial charge in [0.25, 0.3) is 5.91 Å². The first kappa shape index (κ1) is 17.0. The number of nitrogens with zero attached hydrogens (tertiary/aromatic N) is 1. The predicted octanol–water partition coefficient (Wildman–Crippen LogP) is 2.43. The molecule has 2 aromatic rings. The van der Waals surface area contributed by atoms with Crippen LogP contribution in [-0.2, 0) is 22.6 Å². The van der Waals surface area contributed by atoms with Crippen LogP contribution in [0.2, 0.25) is 0 Å². The minimum absolute atomic E-state index is 0.117. The second-order valence-corrected chi connectivity index (χ2v) is 5.94. The Morgan fingerprint density at radius 1 is 1.20 bits per heavy atom. The highest BCUT2D eigenvalue weighted by Gasteiger charge is 2.20. The summed E-state index contributed by atoms with van der Waals surface area (Å²) in [5.74, 6) is -0.0459. The van der Waals surface area contributed by atoms with E-state index in [4.69, 9.17) is 4.74 Å². The Labute approximate surface area is 145 Å². The number of aryl methyl sites for hydroxylation is 1. The number of hydrogen-bond donors (Lipinski definition) is 1. The summed E-state index contributed by atoms with van der Waals surface area (Å²) in [5.41, 5.74) is 3.00. The van der Waals surface area contributed by atoms with Crippen molar-refractivity contribution in [3.8, 4) is 5.75 Å². The molecule has 1 aliphatic heterocycles. The number of ether oxygens (including phenoxy) is 1. The van der Waals surface area contributed by atoms with Crippen LogP contribution in [0.4, 0.5) is 10.1 Å². The Bertz CT molecular complexity index is 790. The van der Waals surface area contributed by atoms with E-state index >= 15 is 0 Å². The fourth-order valence-corrected chi connectivity index (χ4v) is 2.75. The quantitative estimate of drug-likeness (QED) is 0.908. The molecule has 1 aliphatic rings. The van der Waals surface area contributed by atoms with Gasteiger partial charge in [-0.3, -0.25) is 9.59 Å². The summed E-state index contributed by atoms with van der Waals surface area (Å²) in [5, 5.41) is 2.79. The largest absolute Gasteiger partial charge is 0.484 e. The molecular formula is C19H19FN2O3. The van der Waals surface area contributed by atoms with Crippen molar-refractivity contribution in [2.24, 2.45) is 0 Å². The van der Waals surface area contributed by atoms with E-state index in [2.05, 4.69) is 5.32 Å². The minimum Gasteiger partial charge on any atom is -0.484 e. The molecule has 1 N–H and O–H groups in total. The van der Waals surface area contributed by atoms with Gasteiger partial charge in [-0.05, 0) is 47.9 Å². The van der Waals surface area contributed by atoms with Crippen molar-refractivity contribution in [2.45, 2.75) is 19.4 Å². The third-order valence-corrected chi connectivity index (χ3v) is 4.16. The van der Waals surface area contributed by atoms with Gasteiger partial charge in [0.15, 0.2) is 6.61 Å². The van der Waals surface area contributed by atoms with Gasteiger partial charge in [0.1, 0.15) is 11.6 Å². The van der Waals surface area contributed by atoms with Crippen LogP contribution in [0, 0.1) is 5.82 Å². The molecule has 0 spiro atoms. The first-order valence-corrected chi connectivity index (χ1v) is 8.06. The van der Waals surface area contributed by atoms with Crippen molar-refractivity contribution in [1.82, 2.24) is 5.32 Å². The van der Waals surface area contributed by atoms with Crippen LogP contribution in [0.1, 0.15) is 17.5 Å². The highest BCUT2D eigenvalue weighted by molar-refractivity contribution is 5.95. The molecule has 2 amide bonds. The number of amides is 2. The molecule has 0 saturated carbocycles. The maximum atomic E-state index is 12.8.